The molecule has 2 saturated heterocycles. The molecule has 4 heterocycles. The van der Waals surface area contributed by atoms with Crippen molar-refractivity contribution in [2.45, 2.75) is 43.9 Å². The van der Waals surface area contributed by atoms with Crippen LogP contribution >= 0.6 is 11.6 Å². The molecule has 40 heavy (non-hydrogen) atoms. The number of aromatic nitrogens is 3. The van der Waals surface area contributed by atoms with Crippen molar-refractivity contribution in [1.82, 2.24) is 20.3 Å². The Kier molecular flexibility index (Phi) is 7.08. The van der Waals surface area contributed by atoms with Gasteiger partial charge in [-0.25, -0.2) is 9.97 Å². The molecule has 0 atom stereocenters. The molecular formula is C31H27ClN6O2. The summed E-state index contributed by atoms with van der Waals surface area (Å²) in [6.07, 6.45) is 8.83. The van der Waals surface area contributed by atoms with Crippen LogP contribution in [0.25, 0.3) is 10.9 Å². The van der Waals surface area contributed by atoms with Crippen LogP contribution in [0, 0.1) is 11.8 Å². The van der Waals surface area contributed by atoms with Crippen LogP contribution in [0.4, 0.5) is 17.2 Å². The van der Waals surface area contributed by atoms with Gasteiger partial charge in [-0.15, -0.1) is 0 Å². The predicted octanol–water partition coefficient (Wildman–Crippen LogP) is 5.76. The number of anilines is 3. The lowest BCUT2D eigenvalue weighted by Crippen LogP contribution is -2.34. The van der Waals surface area contributed by atoms with Gasteiger partial charge in [0.1, 0.15) is 24.5 Å². The second-order valence-corrected chi connectivity index (χ2v) is 10.4. The van der Waals surface area contributed by atoms with E-state index in [1.54, 1.807) is 18.3 Å². The molecule has 0 radical (unpaired) electrons. The summed E-state index contributed by atoms with van der Waals surface area (Å²) in [6.45, 7) is 3.90. The fourth-order valence-electron chi connectivity index (χ4n) is 5.20. The summed E-state index contributed by atoms with van der Waals surface area (Å²) in [5, 5.41) is 11.0. The fourth-order valence-corrected chi connectivity index (χ4v) is 5.43. The van der Waals surface area contributed by atoms with Crippen LogP contribution in [0.3, 0.4) is 0 Å². The zero-order chi connectivity index (χ0) is 27.5. The minimum atomic E-state index is -0.320. The zero-order valence-corrected chi connectivity index (χ0v) is 22.5. The molecule has 200 valence electrons. The van der Waals surface area contributed by atoms with E-state index in [4.69, 9.17) is 16.3 Å². The van der Waals surface area contributed by atoms with E-state index in [1.807, 2.05) is 36.4 Å². The highest BCUT2D eigenvalue weighted by Gasteiger charge is 2.43. The molecule has 8 nitrogen and oxygen atoms in total. The maximum Gasteiger partial charge on any atom is 0.247 e. The van der Waals surface area contributed by atoms with Gasteiger partial charge in [0.2, 0.25) is 5.91 Å². The molecule has 0 spiro atoms. The summed E-state index contributed by atoms with van der Waals surface area (Å²) in [4.78, 5) is 25.5. The Morgan fingerprint density at radius 3 is 2.77 bits per heavy atom. The van der Waals surface area contributed by atoms with E-state index in [-0.39, 0.29) is 11.4 Å². The highest BCUT2D eigenvalue weighted by Crippen LogP contribution is 2.37. The van der Waals surface area contributed by atoms with Crippen LogP contribution in [-0.4, -0.2) is 32.4 Å². The molecule has 2 aliphatic heterocycles. The van der Waals surface area contributed by atoms with Gasteiger partial charge in [0.25, 0.3) is 0 Å². The Hall–Kier alpha value is -4.45. The van der Waals surface area contributed by atoms with E-state index in [1.165, 1.54) is 12.4 Å². The molecule has 9 heteroatoms. The number of halogens is 1. The van der Waals surface area contributed by atoms with Gasteiger partial charge in [-0.1, -0.05) is 36.1 Å². The fraction of sp³-hybridized carbons (Fsp3) is 0.226. The normalized spacial score (nSPS) is 19.1. The van der Waals surface area contributed by atoms with E-state index >= 15 is 0 Å². The molecule has 6 rings (SSSR count). The van der Waals surface area contributed by atoms with Gasteiger partial charge in [0.05, 0.1) is 33.0 Å². The first-order valence-electron chi connectivity index (χ1n) is 13.1. The lowest BCUT2D eigenvalue weighted by Gasteiger charge is -2.18. The van der Waals surface area contributed by atoms with Crippen molar-refractivity contribution in [2.75, 3.05) is 10.6 Å². The van der Waals surface area contributed by atoms with Crippen LogP contribution in [-0.2, 0) is 11.4 Å². The Balaban J connectivity index is 1.28. The first-order chi connectivity index (χ1) is 19.5. The monoisotopic (exact) mass is 550 g/mol. The maximum absolute atomic E-state index is 12.3. The Morgan fingerprint density at radius 2 is 2.05 bits per heavy atom. The van der Waals surface area contributed by atoms with E-state index < -0.39 is 0 Å². The van der Waals surface area contributed by atoms with Gasteiger partial charge >= 0.3 is 0 Å². The van der Waals surface area contributed by atoms with Crippen molar-refractivity contribution >= 4 is 45.6 Å². The molecular weight excluding hydrogens is 524 g/mol. The smallest absolute Gasteiger partial charge is 0.247 e. The van der Waals surface area contributed by atoms with Gasteiger partial charge < -0.3 is 15.4 Å². The van der Waals surface area contributed by atoms with Gasteiger partial charge in [0.15, 0.2) is 0 Å². The van der Waals surface area contributed by atoms with Crippen LogP contribution in [0.5, 0.6) is 5.75 Å². The molecule has 0 aliphatic carbocycles. The summed E-state index contributed by atoms with van der Waals surface area (Å²) < 4.78 is 5.84. The largest absolute Gasteiger partial charge is 0.486 e. The summed E-state index contributed by atoms with van der Waals surface area (Å²) in [5.74, 6) is 7.57. The predicted molar refractivity (Wildman–Crippen MR) is 157 cm³/mol. The van der Waals surface area contributed by atoms with E-state index in [9.17, 15) is 4.79 Å². The van der Waals surface area contributed by atoms with E-state index in [2.05, 4.69) is 49.3 Å². The molecule has 1 amide bonds. The Morgan fingerprint density at radius 1 is 1.18 bits per heavy atom. The number of ether oxygens (including phenoxy) is 1. The quantitative estimate of drug-likeness (QED) is 0.199. The molecule has 0 unspecified atom stereocenters. The lowest BCUT2D eigenvalue weighted by atomic mass is 9.88. The van der Waals surface area contributed by atoms with Crippen molar-refractivity contribution in [3.63, 3.8) is 0 Å². The molecule has 2 aliphatic rings. The van der Waals surface area contributed by atoms with E-state index in [0.717, 1.165) is 42.5 Å². The zero-order valence-electron chi connectivity index (χ0n) is 21.7. The summed E-state index contributed by atoms with van der Waals surface area (Å²) in [7, 11) is 0. The van der Waals surface area contributed by atoms with Gasteiger partial charge in [-0.3, -0.25) is 15.1 Å². The second kappa shape index (κ2) is 11.0. The topological polar surface area (TPSA) is 101 Å². The minimum absolute atomic E-state index is 0.148. The molecule has 3 N–H and O–H groups in total. The molecule has 0 saturated carbocycles. The van der Waals surface area contributed by atoms with Crippen LogP contribution < -0.4 is 20.7 Å². The molecule has 2 bridgehead atoms. The number of nitrogens with one attached hydrogen (secondary N) is 3. The van der Waals surface area contributed by atoms with Crippen molar-refractivity contribution in [3.05, 3.63) is 90.0 Å². The second-order valence-electron chi connectivity index (χ2n) is 9.96. The average Bonchev–Trinajstić information content (AvgIpc) is 3.58. The number of carbonyl (C=O) groups is 1. The standard InChI is InChI=1S/C31H27ClN6O2/c1-2-29(39)37-26-17-24-27(15-20(26)8-11-31-12-9-21(38-31)10-13-31)34-19-35-30(24)36-22-6-7-28(25(32)16-22)40-18-23-5-3-4-14-33-23/h2-7,14-17,19,21,38H,1,9-10,12-13,18H2,(H,37,39)(H,34,35,36). The number of hydrogen-bond donors (Lipinski definition) is 3. The van der Waals surface area contributed by atoms with Crippen molar-refractivity contribution < 1.29 is 9.53 Å². The number of rotatable bonds is 7. The number of fused-ring (bicyclic) bond motifs is 3. The number of benzene rings is 2. The Bertz CT molecular complexity index is 1660. The lowest BCUT2D eigenvalue weighted by molar-refractivity contribution is -0.111. The summed E-state index contributed by atoms with van der Waals surface area (Å²) >= 11 is 6.52. The summed E-state index contributed by atoms with van der Waals surface area (Å²) in [5.41, 5.74) is 3.34. The maximum atomic E-state index is 12.3. The number of carbonyl (C=O) groups excluding carboxylic acids is 1. The summed E-state index contributed by atoms with van der Waals surface area (Å²) in [6, 6.07) is 15.4. The van der Waals surface area contributed by atoms with Gasteiger partial charge in [-0.05, 0) is 74.2 Å². The van der Waals surface area contributed by atoms with Crippen LogP contribution in [0.1, 0.15) is 36.9 Å². The third-order valence-corrected chi connectivity index (χ3v) is 7.57. The number of pyridine rings is 1. The number of hydrogen-bond acceptors (Lipinski definition) is 7. The SMILES string of the molecule is C=CC(=O)Nc1cc2c(Nc3ccc(OCc4ccccn4)c(Cl)c3)ncnc2cc1C#CC12CCC(CC1)N2. The average molecular weight is 551 g/mol. The third kappa shape index (κ3) is 5.48. The highest BCUT2D eigenvalue weighted by molar-refractivity contribution is 6.32. The van der Waals surface area contributed by atoms with Crippen molar-refractivity contribution in [2.24, 2.45) is 0 Å². The highest BCUT2D eigenvalue weighted by atomic mass is 35.5. The molecule has 2 fully saturated rings. The van der Waals surface area contributed by atoms with Gasteiger partial charge in [-0.2, -0.15) is 0 Å². The van der Waals surface area contributed by atoms with Crippen LogP contribution in [0.2, 0.25) is 5.02 Å². The Labute approximate surface area is 237 Å². The minimum Gasteiger partial charge on any atom is -0.486 e. The third-order valence-electron chi connectivity index (χ3n) is 7.27. The van der Waals surface area contributed by atoms with Crippen molar-refractivity contribution in [1.29, 1.82) is 0 Å². The number of nitrogens with zero attached hydrogens (tertiary/aromatic N) is 3. The first kappa shape index (κ1) is 25.8. The van der Waals surface area contributed by atoms with Crippen LogP contribution in [0.15, 0.2) is 73.7 Å². The molecule has 2 aromatic carbocycles. The van der Waals surface area contributed by atoms with E-state index in [0.29, 0.717) is 46.0 Å². The first-order valence-corrected chi connectivity index (χ1v) is 13.5. The number of amides is 1. The molecule has 4 aromatic rings. The van der Waals surface area contributed by atoms with Crippen molar-refractivity contribution in [3.8, 4) is 17.6 Å². The van der Waals surface area contributed by atoms with Gasteiger partial charge in [0, 0.05) is 23.3 Å². The molecule has 2 aromatic heterocycles.